The molecule has 2 rings (SSSR count). The number of hydrogen-bond donors (Lipinski definition) is 0. The van der Waals surface area contributed by atoms with Crippen LogP contribution in [-0.4, -0.2) is 12.7 Å². The van der Waals surface area contributed by atoms with Crippen molar-refractivity contribution in [3.05, 3.63) is 47.3 Å². The monoisotopic (exact) mass is 372 g/mol. The van der Waals surface area contributed by atoms with Gasteiger partial charge in [0.1, 0.15) is 5.82 Å². The molecule has 0 radical (unpaired) electrons. The molecule has 1 aliphatic heterocycles. The van der Waals surface area contributed by atoms with Crippen LogP contribution in [0, 0.1) is 5.82 Å². The van der Waals surface area contributed by atoms with E-state index in [1.165, 1.54) is 12.1 Å². The van der Waals surface area contributed by atoms with Crippen molar-refractivity contribution in [2.75, 3.05) is 6.61 Å². The molecule has 0 saturated carbocycles. The Morgan fingerprint density at radius 2 is 2.00 bits per heavy atom. The summed E-state index contributed by atoms with van der Waals surface area (Å²) in [5.41, 5.74) is -0.883. The average molecular weight is 372 g/mol. The van der Waals surface area contributed by atoms with Crippen LogP contribution >= 0.6 is 0 Å². The maximum atomic E-state index is 14.8. The van der Waals surface area contributed by atoms with E-state index in [4.69, 9.17) is 4.74 Å². The molecule has 1 aromatic rings. The van der Waals surface area contributed by atoms with E-state index in [0.29, 0.717) is 12.8 Å². The number of aryl methyl sites for hydroxylation is 1. The van der Waals surface area contributed by atoms with Crippen LogP contribution in [0.4, 0.5) is 17.6 Å². The molecule has 0 bridgehead atoms. The second kappa shape index (κ2) is 9.54. The molecule has 1 saturated heterocycles. The second-order valence-electron chi connectivity index (χ2n) is 7.05. The lowest BCUT2D eigenvalue weighted by Crippen LogP contribution is -2.26. The molecule has 1 fully saturated rings. The zero-order chi connectivity index (χ0) is 19.2. The van der Waals surface area contributed by atoms with Gasteiger partial charge in [-0.3, -0.25) is 0 Å². The summed E-state index contributed by atoms with van der Waals surface area (Å²) >= 11 is 0. The van der Waals surface area contributed by atoms with Crippen molar-refractivity contribution in [3.8, 4) is 0 Å². The number of allylic oxidation sites excluding steroid dienone is 1. The van der Waals surface area contributed by atoms with Gasteiger partial charge in [-0.05, 0) is 49.7 Å². The van der Waals surface area contributed by atoms with Crippen molar-refractivity contribution in [3.63, 3.8) is 0 Å². The zero-order valence-corrected chi connectivity index (χ0v) is 15.4. The van der Waals surface area contributed by atoms with E-state index in [0.717, 1.165) is 32.1 Å². The standard InChI is InChI=1S/C21H28F4O/c1-3-5-7-8-15-11-13-18(20(22)19(15)21(23,24)25)16-10-12-17(26-14-16)9-6-4-2/h4,11,13,16-17H,2-3,5-10,12,14H2,1H3. The van der Waals surface area contributed by atoms with Crippen LogP contribution in [-0.2, 0) is 17.3 Å². The summed E-state index contributed by atoms with van der Waals surface area (Å²) in [6.45, 7) is 5.93. The minimum atomic E-state index is -4.68. The first-order valence-electron chi connectivity index (χ1n) is 9.49. The highest BCUT2D eigenvalue weighted by Crippen LogP contribution is 2.39. The Kier molecular flexibility index (Phi) is 7.69. The lowest BCUT2D eigenvalue weighted by atomic mass is 9.87. The molecule has 1 heterocycles. The van der Waals surface area contributed by atoms with E-state index in [1.807, 2.05) is 13.0 Å². The van der Waals surface area contributed by atoms with E-state index in [1.54, 1.807) is 0 Å². The molecule has 0 spiro atoms. The van der Waals surface area contributed by atoms with Gasteiger partial charge in [0.05, 0.1) is 18.3 Å². The molecule has 2 unspecified atom stereocenters. The zero-order valence-electron chi connectivity index (χ0n) is 15.4. The minimum Gasteiger partial charge on any atom is -0.378 e. The summed E-state index contributed by atoms with van der Waals surface area (Å²) < 4.78 is 61.0. The number of ether oxygens (including phenoxy) is 1. The third-order valence-corrected chi connectivity index (χ3v) is 5.09. The van der Waals surface area contributed by atoms with Gasteiger partial charge >= 0.3 is 6.18 Å². The van der Waals surface area contributed by atoms with Crippen LogP contribution in [0.2, 0.25) is 0 Å². The van der Waals surface area contributed by atoms with Gasteiger partial charge in [-0.15, -0.1) is 6.58 Å². The molecule has 0 aliphatic carbocycles. The van der Waals surface area contributed by atoms with E-state index < -0.39 is 17.6 Å². The van der Waals surface area contributed by atoms with Gasteiger partial charge in [-0.25, -0.2) is 4.39 Å². The number of benzene rings is 1. The minimum absolute atomic E-state index is 0.0628. The fourth-order valence-corrected chi connectivity index (χ4v) is 3.61. The summed E-state index contributed by atoms with van der Waals surface area (Å²) in [7, 11) is 0. The molecule has 26 heavy (non-hydrogen) atoms. The topological polar surface area (TPSA) is 9.23 Å². The summed E-state index contributed by atoms with van der Waals surface area (Å²) in [5, 5.41) is 0. The number of halogens is 4. The lowest BCUT2D eigenvalue weighted by Gasteiger charge is -2.30. The smallest absolute Gasteiger partial charge is 0.378 e. The molecule has 0 amide bonds. The van der Waals surface area contributed by atoms with Crippen molar-refractivity contribution >= 4 is 0 Å². The number of hydrogen-bond acceptors (Lipinski definition) is 1. The Labute approximate surface area is 153 Å². The largest absolute Gasteiger partial charge is 0.419 e. The quantitative estimate of drug-likeness (QED) is 0.277. The number of unbranched alkanes of at least 4 members (excludes halogenated alkanes) is 2. The predicted molar refractivity (Wildman–Crippen MR) is 95.8 cm³/mol. The number of alkyl halides is 3. The van der Waals surface area contributed by atoms with E-state index in [2.05, 4.69) is 6.58 Å². The Hall–Kier alpha value is -1.36. The SMILES string of the molecule is C=CCCC1CCC(c2ccc(CCCCC)c(C(F)(F)F)c2F)CO1. The fourth-order valence-electron chi connectivity index (χ4n) is 3.61. The molecule has 1 nitrogen and oxygen atoms in total. The third kappa shape index (κ3) is 5.32. The first-order chi connectivity index (χ1) is 12.4. The van der Waals surface area contributed by atoms with Gasteiger partial charge in [-0.2, -0.15) is 13.2 Å². The molecule has 1 aromatic carbocycles. The van der Waals surface area contributed by atoms with Crippen molar-refractivity contribution in [1.29, 1.82) is 0 Å². The first-order valence-corrected chi connectivity index (χ1v) is 9.49. The molecule has 146 valence electrons. The lowest BCUT2D eigenvalue weighted by molar-refractivity contribution is -0.140. The second-order valence-corrected chi connectivity index (χ2v) is 7.05. The highest BCUT2D eigenvalue weighted by Gasteiger charge is 2.39. The van der Waals surface area contributed by atoms with Crippen molar-refractivity contribution in [2.24, 2.45) is 0 Å². The summed E-state index contributed by atoms with van der Waals surface area (Å²) in [4.78, 5) is 0. The molecule has 2 atom stereocenters. The van der Waals surface area contributed by atoms with E-state index >= 15 is 0 Å². The molecular formula is C21H28F4O. The average Bonchev–Trinajstić information content (AvgIpc) is 2.60. The molecule has 0 aromatic heterocycles. The first kappa shape index (κ1) is 20.9. The highest BCUT2D eigenvalue weighted by atomic mass is 19.4. The van der Waals surface area contributed by atoms with Crippen LogP contribution < -0.4 is 0 Å². The van der Waals surface area contributed by atoms with Crippen molar-refractivity contribution in [2.45, 2.75) is 76.5 Å². The Morgan fingerprint density at radius 3 is 2.58 bits per heavy atom. The highest BCUT2D eigenvalue weighted by molar-refractivity contribution is 5.38. The van der Waals surface area contributed by atoms with Crippen LogP contribution in [0.25, 0.3) is 0 Å². The van der Waals surface area contributed by atoms with Crippen LogP contribution in [0.1, 0.15) is 74.5 Å². The van der Waals surface area contributed by atoms with Gasteiger partial charge in [0.2, 0.25) is 0 Å². The Morgan fingerprint density at radius 1 is 1.23 bits per heavy atom. The summed E-state index contributed by atoms with van der Waals surface area (Å²) in [6, 6.07) is 2.99. The molecule has 1 aliphatic rings. The Bertz CT molecular complexity index is 586. The maximum absolute atomic E-state index is 14.8. The number of rotatable bonds is 8. The third-order valence-electron chi connectivity index (χ3n) is 5.09. The molecule has 5 heteroatoms. The van der Waals surface area contributed by atoms with Crippen molar-refractivity contribution in [1.82, 2.24) is 0 Å². The van der Waals surface area contributed by atoms with Gasteiger partial charge in [0.15, 0.2) is 0 Å². The summed E-state index contributed by atoms with van der Waals surface area (Å²) in [6.07, 6.45) is 2.94. The van der Waals surface area contributed by atoms with Crippen LogP contribution in [0.3, 0.4) is 0 Å². The van der Waals surface area contributed by atoms with E-state index in [-0.39, 0.29) is 36.2 Å². The van der Waals surface area contributed by atoms with Crippen LogP contribution in [0.15, 0.2) is 24.8 Å². The summed E-state index contributed by atoms with van der Waals surface area (Å²) in [5.74, 6) is -1.43. The molecule has 0 N–H and O–H groups in total. The predicted octanol–water partition coefficient (Wildman–Crippen LogP) is 6.81. The van der Waals surface area contributed by atoms with Crippen LogP contribution in [0.5, 0.6) is 0 Å². The normalized spacial score (nSPS) is 21.0. The van der Waals surface area contributed by atoms with Gasteiger partial charge in [-0.1, -0.05) is 38.0 Å². The van der Waals surface area contributed by atoms with Gasteiger partial charge < -0.3 is 4.74 Å². The fraction of sp³-hybridized carbons (Fsp3) is 0.619. The van der Waals surface area contributed by atoms with E-state index in [9.17, 15) is 17.6 Å². The van der Waals surface area contributed by atoms with Gasteiger partial charge in [0.25, 0.3) is 0 Å². The van der Waals surface area contributed by atoms with Gasteiger partial charge in [0, 0.05) is 5.92 Å². The Balaban J connectivity index is 2.18. The molecular weight excluding hydrogens is 344 g/mol. The maximum Gasteiger partial charge on any atom is 0.419 e. The van der Waals surface area contributed by atoms with Crippen molar-refractivity contribution < 1.29 is 22.3 Å².